The van der Waals surface area contributed by atoms with E-state index in [9.17, 15) is 0 Å². The second-order valence-corrected chi connectivity index (χ2v) is 6.53. The summed E-state index contributed by atoms with van der Waals surface area (Å²) in [6.45, 7) is 4.22. The normalized spacial score (nSPS) is 15.2. The van der Waals surface area contributed by atoms with Gasteiger partial charge in [-0.15, -0.1) is 0 Å². The maximum atomic E-state index is 6.25. The number of halogens is 2. The first-order chi connectivity index (χ1) is 9.08. The molecule has 0 amide bonds. The predicted molar refractivity (Wildman–Crippen MR) is 83.3 cm³/mol. The molecule has 3 rings (SSSR count). The molecule has 0 aromatic carbocycles. The van der Waals surface area contributed by atoms with Crippen LogP contribution in [0.1, 0.15) is 44.3 Å². The Bertz CT molecular complexity index is 619. The van der Waals surface area contributed by atoms with E-state index in [4.69, 9.17) is 16.6 Å². The minimum atomic E-state index is 0.323. The fourth-order valence-electron chi connectivity index (χ4n) is 2.07. The lowest BCUT2D eigenvalue weighted by Gasteiger charge is -2.12. The molecule has 0 spiro atoms. The fourth-order valence-corrected chi connectivity index (χ4v) is 2.93. The first kappa shape index (κ1) is 13.3. The van der Waals surface area contributed by atoms with Gasteiger partial charge in [-0.2, -0.15) is 0 Å². The summed E-state index contributed by atoms with van der Waals surface area (Å²) >= 11 is 8.49. The molecule has 0 unspecified atom stereocenters. The topological polar surface area (TPSA) is 43.6 Å². The van der Waals surface area contributed by atoms with Crippen molar-refractivity contribution in [2.75, 3.05) is 0 Å². The van der Waals surface area contributed by atoms with Crippen molar-refractivity contribution in [2.24, 2.45) is 0 Å². The molecule has 0 N–H and O–H groups in total. The maximum Gasteiger partial charge on any atom is 0.179 e. The summed E-state index contributed by atoms with van der Waals surface area (Å²) in [6, 6.07) is 0.323. The molecular formula is C13H14ClIN4. The summed E-state index contributed by atoms with van der Waals surface area (Å²) in [5.74, 6) is 1.24. The summed E-state index contributed by atoms with van der Waals surface area (Å²) < 4.78 is 3.05. The summed E-state index contributed by atoms with van der Waals surface area (Å²) in [7, 11) is 0. The van der Waals surface area contributed by atoms with Gasteiger partial charge in [0.1, 0.15) is 10.8 Å². The molecule has 0 atom stereocenters. The molecule has 2 aromatic heterocycles. The number of imidazole rings is 1. The fraction of sp³-hybridized carbons (Fsp3) is 0.462. The van der Waals surface area contributed by atoms with E-state index in [1.807, 2.05) is 6.33 Å². The smallest absolute Gasteiger partial charge is 0.179 e. The van der Waals surface area contributed by atoms with Crippen LogP contribution in [0.5, 0.6) is 0 Å². The molecule has 2 aromatic rings. The van der Waals surface area contributed by atoms with Crippen molar-refractivity contribution >= 4 is 34.2 Å². The number of rotatable bonds is 3. The highest BCUT2D eigenvalue weighted by atomic mass is 127. The lowest BCUT2D eigenvalue weighted by Crippen LogP contribution is -2.05. The van der Waals surface area contributed by atoms with Gasteiger partial charge >= 0.3 is 0 Å². The van der Waals surface area contributed by atoms with E-state index in [1.54, 1.807) is 6.20 Å². The third-order valence-corrected chi connectivity index (χ3v) is 4.91. The molecule has 0 radical (unpaired) electrons. The number of hydrogen-bond acceptors (Lipinski definition) is 3. The molecule has 1 fully saturated rings. The van der Waals surface area contributed by atoms with Crippen LogP contribution in [0.15, 0.2) is 12.5 Å². The zero-order chi connectivity index (χ0) is 13.6. The zero-order valence-electron chi connectivity index (χ0n) is 10.8. The van der Waals surface area contributed by atoms with Crippen LogP contribution in [0.4, 0.5) is 0 Å². The van der Waals surface area contributed by atoms with Gasteiger partial charge in [-0.1, -0.05) is 11.6 Å². The highest BCUT2D eigenvalue weighted by molar-refractivity contribution is 14.1. The first-order valence-corrected chi connectivity index (χ1v) is 7.78. The third kappa shape index (κ3) is 2.50. The van der Waals surface area contributed by atoms with Crippen LogP contribution < -0.4 is 0 Å². The largest absolute Gasteiger partial charge is 0.325 e. The Morgan fingerprint density at radius 2 is 2.11 bits per heavy atom. The monoisotopic (exact) mass is 388 g/mol. The van der Waals surface area contributed by atoms with Gasteiger partial charge in [0.25, 0.3) is 0 Å². The van der Waals surface area contributed by atoms with E-state index in [-0.39, 0.29) is 0 Å². The van der Waals surface area contributed by atoms with E-state index in [0.29, 0.717) is 22.9 Å². The van der Waals surface area contributed by atoms with Gasteiger partial charge < -0.3 is 4.57 Å². The van der Waals surface area contributed by atoms with E-state index in [2.05, 4.69) is 51.0 Å². The van der Waals surface area contributed by atoms with Crippen LogP contribution in [0.3, 0.4) is 0 Å². The molecule has 0 saturated heterocycles. The Kier molecular flexibility index (Phi) is 3.51. The Balaban J connectivity index is 2.12. The molecule has 4 nitrogen and oxygen atoms in total. The van der Waals surface area contributed by atoms with Crippen LogP contribution in [0, 0.1) is 3.57 Å². The van der Waals surface area contributed by atoms with Gasteiger partial charge in [-0.25, -0.2) is 15.0 Å². The molecular weight excluding hydrogens is 375 g/mol. The van der Waals surface area contributed by atoms with Crippen molar-refractivity contribution in [1.82, 2.24) is 19.5 Å². The molecule has 6 heteroatoms. The van der Waals surface area contributed by atoms with Crippen LogP contribution in [0.25, 0.3) is 11.5 Å². The third-order valence-electron chi connectivity index (χ3n) is 3.25. The van der Waals surface area contributed by atoms with Crippen molar-refractivity contribution < 1.29 is 0 Å². The second kappa shape index (κ2) is 5.01. The van der Waals surface area contributed by atoms with Crippen LogP contribution in [0.2, 0.25) is 5.15 Å². The van der Waals surface area contributed by atoms with Gasteiger partial charge in [0.05, 0.1) is 21.8 Å². The SMILES string of the molecule is CC(C)n1cncc1-c1nc(Cl)c(I)c(C2CC2)n1. The van der Waals surface area contributed by atoms with Gasteiger partial charge in [0.2, 0.25) is 0 Å². The summed E-state index contributed by atoms with van der Waals surface area (Å²) in [5.41, 5.74) is 2.02. The number of aromatic nitrogens is 4. The van der Waals surface area contributed by atoms with Gasteiger partial charge in [-0.3, -0.25) is 0 Å². The lowest BCUT2D eigenvalue weighted by molar-refractivity contribution is 0.603. The lowest BCUT2D eigenvalue weighted by atomic mass is 10.2. The van der Waals surface area contributed by atoms with Gasteiger partial charge in [0.15, 0.2) is 5.82 Å². The second-order valence-electron chi connectivity index (χ2n) is 5.09. The number of hydrogen-bond donors (Lipinski definition) is 0. The Morgan fingerprint density at radius 1 is 1.37 bits per heavy atom. The van der Waals surface area contributed by atoms with Crippen molar-refractivity contribution in [3.8, 4) is 11.5 Å². The minimum Gasteiger partial charge on any atom is -0.325 e. The van der Waals surface area contributed by atoms with E-state index >= 15 is 0 Å². The summed E-state index contributed by atoms with van der Waals surface area (Å²) in [6.07, 6.45) is 6.01. The molecule has 1 aliphatic carbocycles. The summed E-state index contributed by atoms with van der Waals surface area (Å²) in [5, 5.41) is 0.545. The Morgan fingerprint density at radius 3 is 2.74 bits per heavy atom. The van der Waals surface area contributed by atoms with Crippen molar-refractivity contribution in [3.63, 3.8) is 0 Å². The van der Waals surface area contributed by atoms with E-state index in [1.165, 1.54) is 12.8 Å². The van der Waals surface area contributed by atoms with E-state index < -0.39 is 0 Å². The zero-order valence-corrected chi connectivity index (χ0v) is 13.7. The van der Waals surface area contributed by atoms with Crippen molar-refractivity contribution in [3.05, 3.63) is 26.9 Å². The Labute approximate surface area is 130 Å². The molecule has 1 aliphatic rings. The van der Waals surface area contributed by atoms with Gasteiger partial charge in [0, 0.05) is 12.0 Å². The molecule has 19 heavy (non-hydrogen) atoms. The summed E-state index contributed by atoms with van der Waals surface area (Å²) in [4.78, 5) is 13.3. The average molecular weight is 389 g/mol. The Hall–Kier alpha value is -0.690. The standard InChI is InChI=1S/C13H14ClIN4/c1-7(2)19-6-16-5-9(19)13-17-11(8-3-4-8)10(15)12(14)18-13/h5-8H,3-4H2,1-2H3. The molecule has 0 aliphatic heterocycles. The highest BCUT2D eigenvalue weighted by Gasteiger charge is 2.29. The van der Waals surface area contributed by atoms with Crippen LogP contribution >= 0.6 is 34.2 Å². The van der Waals surface area contributed by atoms with E-state index in [0.717, 1.165) is 15.0 Å². The molecule has 1 saturated carbocycles. The quantitative estimate of drug-likeness (QED) is 0.588. The molecule has 100 valence electrons. The number of nitrogens with zero attached hydrogens (tertiary/aromatic N) is 4. The van der Waals surface area contributed by atoms with Crippen LogP contribution in [-0.2, 0) is 0 Å². The minimum absolute atomic E-state index is 0.323. The molecule has 0 bridgehead atoms. The van der Waals surface area contributed by atoms with Gasteiger partial charge in [-0.05, 0) is 49.3 Å². The maximum absolute atomic E-state index is 6.25. The highest BCUT2D eigenvalue weighted by Crippen LogP contribution is 2.42. The van der Waals surface area contributed by atoms with Crippen molar-refractivity contribution in [1.29, 1.82) is 0 Å². The average Bonchev–Trinajstić information content (AvgIpc) is 3.08. The van der Waals surface area contributed by atoms with Crippen molar-refractivity contribution in [2.45, 2.75) is 38.6 Å². The first-order valence-electron chi connectivity index (χ1n) is 6.33. The molecule has 2 heterocycles. The predicted octanol–water partition coefficient (Wildman–Crippen LogP) is 4.06. The van der Waals surface area contributed by atoms with Crippen LogP contribution in [-0.4, -0.2) is 19.5 Å².